The van der Waals surface area contributed by atoms with E-state index in [2.05, 4.69) is 57.4 Å². The molecule has 3 aromatic rings. The molecule has 0 unspecified atom stereocenters. The number of ether oxygens (including phenoxy) is 1. The van der Waals surface area contributed by atoms with Crippen LogP contribution in [-0.4, -0.2) is 90.7 Å². The van der Waals surface area contributed by atoms with E-state index < -0.39 is 0 Å². The van der Waals surface area contributed by atoms with Gasteiger partial charge in [-0.2, -0.15) is 9.97 Å². The number of aromatic nitrogens is 2. The normalized spacial score (nSPS) is 20.6. The molecule has 10 heteroatoms. The van der Waals surface area contributed by atoms with Crippen LogP contribution >= 0.6 is 11.6 Å². The Morgan fingerprint density at radius 3 is 2.71 bits per heavy atom. The van der Waals surface area contributed by atoms with Crippen LogP contribution in [0.25, 0.3) is 15.6 Å². The van der Waals surface area contributed by atoms with Gasteiger partial charge in [-0.25, -0.2) is 6.57 Å². The second-order valence-corrected chi connectivity index (χ2v) is 13.6. The van der Waals surface area contributed by atoms with E-state index in [9.17, 15) is 4.79 Å². The minimum atomic E-state index is -0.234. The van der Waals surface area contributed by atoms with Gasteiger partial charge in [0.25, 0.3) is 0 Å². The van der Waals surface area contributed by atoms with Gasteiger partial charge in [0.05, 0.1) is 23.9 Å². The third kappa shape index (κ3) is 6.06. The number of benzene rings is 2. The molecule has 2 saturated carbocycles. The first-order valence-corrected chi connectivity index (χ1v) is 16.4. The molecule has 1 atom stereocenters. The Hall–Kier alpha value is -3.87. The van der Waals surface area contributed by atoms with Gasteiger partial charge in [-0.05, 0) is 62.7 Å². The first-order chi connectivity index (χ1) is 21.9. The van der Waals surface area contributed by atoms with E-state index in [0.29, 0.717) is 38.8 Å². The number of nitrogens with zero attached hydrogens (tertiary/aromatic N) is 7. The van der Waals surface area contributed by atoms with E-state index in [1.54, 1.807) is 4.90 Å². The SMILES string of the molecule is [C-]#[N+]C[C@H]1CN(c2nc(OCC3(CN(C)C4CC4)CC3)nc3c2CCN(c2cccc4cccc(Cl)c24)C3)CCN1C(=O)C=C. The largest absolute Gasteiger partial charge is 0.463 e. The molecule has 45 heavy (non-hydrogen) atoms. The number of hydrogen-bond donors (Lipinski definition) is 0. The molecule has 9 nitrogen and oxygen atoms in total. The highest BCUT2D eigenvalue weighted by atomic mass is 35.5. The number of hydrogen-bond acceptors (Lipinski definition) is 7. The summed E-state index contributed by atoms with van der Waals surface area (Å²) in [6, 6.07) is 13.2. The van der Waals surface area contributed by atoms with Gasteiger partial charge in [0.2, 0.25) is 12.5 Å². The monoisotopic (exact) mass is 625 g/mol. The third-order valence-corrected chi connectivity index (χ3v) is 10.3. The lowest BCUT2D eigenvalue weighted by Crippen LogP contribution is -2.56. The first-order valence-electron chi connectivity index (χ1n) is 16.0. The number of piperazine rings is 1. The Morgan fingerprint density at radius 1 is 1.18 bits per heavy atom. The zero-order valence-electron chi connectivity index (χ0n) is 25.9. The van der Waals surface area contributed by atoms with Crippen molar-refractivity contribution in [1.29, 1.82) is 0 Å². The number of anilines is 2. The molecule has 2 aliphatic carbocycles. The summed E-state index contributed by atoms with van der Waals surface area (Å²) in [5, 5.41) is 2.91. The van der Waals surface area contributed by atoms with Crippen molar-refractivity contribution in [3.05, 3.63) is 76.8 Å². The fraction of sp³-hybridized carbons (Fsp3) is 0.486. The summed E-state index contributed by atoms with van der Waals surface area (Å²) in [4.78, 5) is 35.2. The Kier molecular flexibility index (Phi) is 8.05. The molecule has 0 radical (unpaired) electrons. The zero-order valence-corrected chi connectivity index (χ0v) is 26.7. The number of halogens is 1. The maximum absolute atomic E-state index is 12.6. The Balaban J connectivity index is 1.20. The maximum Gasteiger partial charge on any atom is 0.318 e. The zero-order chi connectivity index (χ0) is 31.1. The highest BCUT2D eigenvalue weighted by Crippen LogP contribution is 2.48. The van der Waals surface area contributed by atoms with E-state index in [1.807, 2.05) is 12.1 Å². The molecule has 3 heterocycles. The lowest BCUT2D eigenvalue weighted by atomic mass is 10.0. The van der Waals surface area contributed by atoms with Crippen molar-refractivity contribution < 1.29 is 9.53 Å². The number of carbonyl (C=O) groups is 1. The number of amides is 1. The Morgan fingerprint density at radius 2 is 1.98 bits per heavy atom. The van der Waals surface area contributed by atoms with E-state index in [-0.39, 0.29) is 23.9 Å². The number of fused-ring (bicyclic) bond motifs is 2. The summed E-state index contributed by atoms with van der Waals surface area (Å²) in [6.07, 6.45) is 7.02. The predicted molar refractivity (Wildman–Crippen MR) is 178 cm³/mol. The van der Waals surface area contributed by atoms with Crippen molar-refractivity contribution in [3.63, 3.8) is 0 Å². The van der Waals surface area contributed by atoms with Gasteiger partial charge in [0.1, 0.15) is 11.9 Å². The average molecular weight is 626 g/mol. The van der Waals surface area contributed by atoms with Crippen molar-refractivity contribution in [1.82, 2.24) is 19.8 Å². The fourth-order valence-electron chi connectivity index (χ4n) is 7.09. The predicted octanol–water partition coefficient (Wildman–Crippen LogP) is 5.22. The van der Waals surface area contributed by atoms with Crippen molar-refractivity contribution >= 4 is 39.8 Å². The molecule has 0 spiro atoms. The molecule has 3 fully saturated rings. The molecule has 2 aromatic carbocycles. The van der Waals surface area contributed by atoms with Gasteiger partial charge in [0, 0.05) is 60.8 Å². The van der Waals surface area contributed by atoms with Crippen molar-refractivity contribution in [2.24, 2.45) is 5.41 Å². The summed E-state index contributed by atoms with van der Waals surface area (Å²) >= 11 is 6.73. The van der Waals surface area contributed by atoms with Crippen LogP contribution in [0.1, 0.15) is 36.9 Å². The molecule has 1 aromatic heterocycles. The second kappa shape index (κ2) is 12.1. The summed E-state index contributed by atoms with van der Waals surface area (Å²) in [5.74, 6) is 0.735. The fourth-order valence-corrected chi connectivity index (χ4v) is 7.37. The molecular formula is C35H40ClN7O2. The van der Waals surface area contributed by atoms with E-state index in [0.717, 1.165) is 77.0 Å². The number of rotatable bonds is 10. The quantitative estimate of drug-likeness (QED) is 0.226. The van der Waals surface area contributed by atoms with Gasteiger partial charge < -0.3 is 29.2 Å². The molecule has 1 saturated heterocycles. The van der Waals surface area contributed by atoms with Crippen LogP contribution < -0.4 is 14.5 Å². The lowest BCUT2D eigenvalue weighted by molar-refractivity contribution is -0.128. The molecule has 2 aliphatic heterocycles. The molecule has 0 N–H and O–H groups in total. The highest BCUT2D eigenvalue weighted by molar-refractivity contribution is 6.36. The molecular weight excluding hydrogens is 586 g/mol. The summed E-state index contributed by atoms with van der Waals surface area (Å²) in [5.41, 5.74) is 3.33. The van der Waals surface area contributed by atoms with Gasteiger partial charge in [-0.3, -0.25) is 4.79 Å². The molecule has 1 amide bonds. The van der Waals surface area contributed by atoms with Gasteiger partial charge in [-0.15, -0.1) is 0 Å². The van der Waals surface area contributed by atoms with E-state index in [4.69, 9.17) is 32.9 Å². The maximum atomic E-state index is 12.6. The van der Waals surface area contributed by atoms with E-state index in [1.165, 1.54) is 18.9 Å². The van der Waals surface area contributed by atoms with Gasteiger partial charge >= 0.3 is 6.01 Å². The molecule has 234 valence electrons. The number of carbonyl (C=O) groups excluding carboxylic acids is 1. The highest BCUT2D eigenvalue weighted by Gasteiger charge is 2.46. The molecule has 0 bridgehead atoms. The van der Waals surface area contributed by atoms with Gasteiger partial charge in [0.15, 0.2) is 0 Å². The summed E-state index contributed by atoms with van der Waals surface area (Å²) in [6.45, 7) is 16.2. The van der Waals surface area contributed by atoms with Crippen LogP contribution in [0.3, 0.4) is 0 Å². The topological polar surface area (TPSA) is 69.4 Å². The van der Waals surface area contributed by atoms with Crippen LogP contribution in [-0.2, 0) is 17.8 Å². The summed E-state index contributed by atoms with van der Waals surface area (Å²) in [7, 11) is 2.23. The average Bonchev–Trinajstić information content (AvgIpc) is 3.99. The lowest BCUT2D eigenvalue weighted by Gasteiger charge is -2.41. The third-order valence-electron chi connectivity index (χ3n) is 9.96. The Bertz CT molecular complexity index is 1660. The van der Waals surface area contributed by atoms with Crippen LogP contribution in [0.15, 0.2) is 49.1 Å². The van der Waals surface area contributed by atoms with Crippen LogP contribution in [0, 0.1) is 12.0 Å². The first kappa shape index (κ1) is 29.8. The minimum absolute atomic E-state index is 0.132. The van der Waals surface area contributed by atoms with E-state index >= 15 is 0 Å². The smallest absolute Gasteiger partial charge is 0.318 e. The van der Waals surface area contributed by atoms with Crippen LogP contribution in [0.2, 0.25) is 5.02 Å². The van der Waals surface area contributed by atoms with Crippen molar-refractivity contribution in [3.8, 4) is 6.01 Å². The second-order valence-electron chi connectivity index (χ2n) is 13.2. The minimum Gasteiger partial charge on any atom is -0.463 e. The summed E-state index contributed by atoms with van der Waals surface area (Å²) < 4.78 is 6.47. The van der Waals surface area contributed by atoms with Crippen LogP contribution in [0.4, 0.5) is 11.5 Å². The van der Waals surface area contributed by atoms with Crippen LogP contribution in [0.5, 0.6) is 6.01 Å². The van der Waals surface area contributed by atoms with Crippen molar-refractivity contribution in [2.45, 2.75) is 50.7 Å². The molecule has 4 aliphatic rings. The standard InChI is InChI=1S/C35H40ClN7O2/c1-4-31(44)43-18-17-42(20-26(43)19-37-2)33-27-13-16-41(30-10-6-8-24-7-5-9-28(36)32(24)30)21-29(27)38-34(39-33)45-23-35(14-15-35)22-40(3)25-11-12-25/h4-10,25-26H,1,11-23H2,3H3/t26-/m0/s1. The Labute approximate surface area is 270 Å². The van der Waals surface area contributed by atoms with Crippen molar-refractivity contribution in [2.75, 3.05) is 62.7 Å². The molecule has 7 rings (SSSR count). The van der Waals surface area contributed by atoms with Gasteiger partial charge in [-0.1, -0.05) is 42.4 Å².